The number of amides is 1. The summed E-state index contributed by atoms with van der Waals surface area (Å²) >= 11 is 5.71. The highest BCUT2D eigenvalue weighted by atomic mass is 35.5. The van der Waals surface area contributed by atoms with Gasteiger partial charge in [-0.1, -0.05) is 18.5 Å². The third-order valence-corrected chi connectivity index (χ3v) is 6.05. The molecule has 0 aliphatic carbocycles. The summed E-state index contributed by atoms with van der Waals surface area (Å²) < 4.78 is 34.3. The zero-order valence-electron chi connectivity index (χ0n) is 13.5. The molecule has 0 radical (unpaired) electrons. The number of ether oxygens (including phenoxy) is 2. The second-order valence-electron chi connectivity index (χ2n) is 5.71. The minimum absolute atomic E-state index is 0.0566. The highest BCUT2D eigenvalue weighted by Crippen LogP contribution is 2.24. The number of hydrogen-bond donors (Lipinski definition) is 2. The predicted octanol–water partition coefficient (Wildman–Crippen LogP) is 1.34. The van der Waals surface area contributed by atoms with Crippen LogP contribution in [0, 0.1) is 5.92 Å². The van der Waals surface area contributed by atoms with Gasteiger partial charge < -0.3 is 14.6 Å². The van der Waals surface area contributed by atoms with Gasteiger partial charge in [-0.25, -0.2) is 13.2 Å². The number of carbonyl (C=O) groups excluding carboxylic acids is 1. The molecule has 0 saturated carbocycles. The van der Waals surface area contributed by atoms with Crippen LogP contribution in [0.3, 0.4) is 0 Å². The van der Waals surface area contributed by atoms with E-state index in [0.717, 1.165) is 0 Å². The second-order valence-corrected chi connectivity index (χ2v) is 8.26. The molecule has 1 aromatic rings. The molecule has 0 spiro atoms. The van der Waals surface area contributed by atoms with Crippen LogP contribution in [-0.2, 0) is 19.3 Å². The Hall–Kier alpha value is -1.39. The number of aliphatic hydroxyl groups excluding tert-OH is 1. The summed E-state index contributed by atoms with van der Waals surface area (Å²) in [5, 5.41) is 19.8. The molecule has 1 aliphatic heterocycles. The Bertz CT molecular complexity index is 694. The van der Waals surface area contributed by atoms with Gasteiger partial charge in [0, 0.05) is 10.9 Å². The molecule has 1 aliphatic rings. The highest BCUT2D eigenvalue weighted by molar-refractivity contribution is 7.91. The van der Waals surface area contributed by atoms with Gasteiger partial charge in [0.25, 0.3) is 0 Å². The van der Waals surface area contributed by atoms with E-state index in [9.17, 15) is 18.4 Å². The number of rotatable bonds is 6. The second kappa shape index (κ2) is 8.33. The SMILES string of the molecule is CC1C(N(O)C(=O)OCCS(=O)(=O)c2ccc(Cl)cc2)CO[C@@H]1CO. The third-order valence-electron chi connectivity index (χ3n) is 4.11. The molecule has 10 heteroatoms. The lowest BCUT2D eigenvalue weighted by molar-refractivity contribution is -0.111. The molecule has 3 atom stereocenters. The van der Waals surface area contributed by atoms with Crippen LogP contribution in [0.2, 0.25) is 5.02 Å². The average Bonchev–Trinajstić information content (AvgIpc) is 2.95. The topological polar surface area (TPSA) is 113 Å². The molecule has 25 heavy (non-hydrogen) atoms. The lowest BCUT2D eigenvalue weighted by Gasteiger charge is -2.24. The number of carbonyl (C=O) groups is 1. The largest absolute Gasteiger partial charge is 0.447 e. The number of nitrogens with zero attached hydrogens (tertiary/aromatic N) is 1. The van der Waals surface area contributed by atoms with E-state index in [-0.39, 0.29) is 24.0 Å². The molecule has 2 unspecified atom stereocenters. The Morgan fingerprint density at radius 3 is 2.60 bits per heavy atom. The molecule has 140 valence electrons. The van der Waals surface area contributed by atoms with E-state index in [1.165, 1.54) is 24.3 Å². The van der Waals surface area contributed by atoms with Gasteiger partial charge in [0.15, 0.2) is 9.84 Å². The van der Waals surface area contributed by atoms with E-state index in [1.54, 1.807) is 6.92 Å². The lowest BCUT2D eigenvalue weighted by Crippen LogP contribution is -2.43. The molecular formula is C15H20ClNO7S. The van der Waals surface area contributed by atoms with Crippen molar-refractivity contribution in [1.82, 2.24) is 5.06 Å². The van der Waals surface area contributed by atoms with Crippen molar-refractivity contribution in [3.05, 3.63) is 29.3 Å². The number of hydrogen-bond acceptors (Lipinski definition) is 7. The first-order valence-corrected chi connectivity index (χ1v) is 9.65. The molecule has 0 bridgehead atoms. The van der Waals surface area contributed by atoms with Gasteiger partial charge >= 0.3 is 6.09 Å². The van der Waals surface area contributed by atoms with Gasteiger partial charge in [-0.05, 0) is 24.3 Å². The van der Waals surface area contributed by atoms with E-state index in [2.05, 4.69) is 0 Å². The minimum Gasteiger partial charge on any atom is -0.447 e. The first-order chi connectivity index (χ1) is 11.8. The molecule has 1 amide bonds. The van der Waals surface area contributed by atoms with Gasteiger partial charge in [0.2, 0.25) is 0 Å². The van der Waals surface area contributed by atoms with Gasteiger partial charge in [0.1, 0.15) is 6.61 Å². The maximum atomic E-state index is 12.1. The van der Waals surface area contributed by atoms with Crippen molar-refractivity contribution in [2.45, 2.75) is 24.0 Å². The van der Waals surface area contributed by atoms with E-state index in [0.29, 0.717) is 10.1 Å². The van der Waals surface area contributed by atoms with Crippen molar-refractivity contribution in [3.8, 4) is 0 Å². The van der Waals surface area contributed by atoms with Crippen LogP contribution in [-0.4, -0.2) is 67.6 Å². The number of sulfone groups is 1. The molecule has 1 saturated heterocycles. The number of aliphatic hydroxyl groups is 1. The number of hydroxylamine groups is 2. The Labute approximate surface area is 150 Å². The van der Waals surface area contributed by atoms with Gasteiger partial charge in [-0.3, -0.25) is 5.21 Å². The van der Waals surface area contributed by atoms with Gasteiger partial charge in [-0.15, -0.1) is 0 Å². The fraction of sp³-hybridized carbons (Fsp3) is 0.533. The number of halogens is 1. The van der Waals surface area contributed by atoms with Gasteiger partial charge in [-0.2, -0.15) is 5.06 Å². The van der Waals surface area contributed by atoms with E-state index < -0.39 is 40.4 Å². The standard InChI is InChI=1S/C15H20ClNO7S/c1-10-13(9-24-14(10)8-18)17(20)15(19)23-6-7-25(21,22)12-4-2-11(16)3-5-12/h2-5,10,13-14,18,20H,6-9H2,1H3/t10?,13?,14-/m1/s1. The molecule has 0 aromatic heterocycles. The maximum Gasteiger partial charge on any atom is 0.434 e. The van der Waals surface area contributed by atoms with Crippen molar-refractivity contribution in [2.75, 3.05) is 25.6 Å². The van der Waals surface area contributed by atoms with Crippen LogP contribution in [0.4, 0.5) is 4.79 Å². The van der Waals surface area contributed by atoms with Gasteiger partial charge in [0.05, 0.1) is 36.0 Å². The summed E-state index contributed by atoms with van der Waals surface area (Å²) in [6.07, 6.45) is -1.54. The maximum absolute atomic E-state index is 12.1. The summed E-state index contributed by atoms with van der Waals surface area (Å²) in [5.74, 6) is -0.718. The van der Waals surface area contributed by atoms with Crippen molar-refractivity contribution in [2.24, 2.45) is 5.92 Å². The van der Waals surface area contributed by atoms with Crippen LogP contribution in [0.1, 0.15) is 6.92 Å². The predicted molar refractivity (Wildman–Crippen MR) is 88.3 cm³/mol. The molecular weight excluding hydrogens is 374 g/mol. The first-order valence-electron chi connectivity index (χ1n) is 7.62. The molecule has 2 N–H and O–H groups in total. The summed E-state index contributed by atoms with van der Waals surface area (Å²) in [5.41, 5.74) is 0. The smallest absolute Gasteiger partial charge is 0.434 e. The molecule has 1 heterocycles. The van der Waals surface area contributed by atoms with Crippen molar-refractivity contribution in [1.29, 1.82) is 0 Å². The summed E-state index contributed by atoms with van der Waals surface area (Å²) in [6, 6.07) is 4.97. The van der Waals surface area contributed by atoms with Crippen molar-refractivity contribution >= 4 is 27.5 Å². The summed E-state index contributed by atoms with van der Waals surface area (Å²) in [6.45, 7) is 1.15. The highest BCUT2D eigenvalue weighted by Gasteiger charge is 2.39. The van der Waals surface area contributed by atoms with Crippen LogP contribution in [0.5, 0.6) is 0 Å². The average molecular weight is 394 g/mol. The quantitative estimate of drug-likeness (QED) is 0.553. The zero-order chi connectivity index (χ0) is 18.6. The summed E-state index contributed by atoms with van der Waals surface area (Å²) in [4.78, 5) is 11.9. The van der Waals surface area contributed by atoms with Crippen LogP contribution in [0.25, 0.3) is 0 Å². The van der Waals surface area contributed by atoms with Crippen molar-refractivity contribution < 1.29 is 33.0 Å². The van der Waals surface area contributed by atoms with Crippen LogP contribution in [0.15, 0.2) is 29.2 Å². The number of benzene rings is 1. The van der Waals surface area contributed by atoms with E-state index >= 15 is 0 Å². The minimum atomic E-state index is -3.63. The van der Waals surface area contributed by atoms with Crippen molar-refractivity contribution in [3.63, 3.8) is 0 Å². The lowest BCUT2D eigenvalue weighted by atomic mass is 10.00. The normalized spacial score (nSPS) is 23.4. The third kappa shape index (κ3) is 4.83. The Balaban J connectivity index is 1.86. The fourth-order valence-electron chi connectivity index (χ4n) is 2.49. The van der Waals surface area contributed by atoms with E-state index in [4.69, 9.17) is 26.2 Å². The van der Waals surface area contributed by atoms with Crippen LogP contribution < -0.4 is 0 Å². The molecule has 1 fully saturated rings. The first kappa shape index (κ1) is 19.9. The van der Waals surface area contributed by atoms with E-state index in [1.807, 2.05) is 0 Å². The monoisotopic (exact) mass is 393 g/mol. The zero-order valence-corrected chi connectivity index (χ0v) is 15.1. The molecule has 8 nitrogen and oxygen atoms in total. The Morgan fingerprint density at radius 2 is 2.04 bits per heavy atom. The van der Waals surface area contributed by atoms with Crippen LogP contribution >= 0.6 is 11.6 Å². The fourth-order valence-corrected chi connectivity index (χ4v) is 3.70. The molecule has 1 aromatic carbocycles. The Morgan fingerprint density at radius 1 is 1.40 bits per heavy atom. The summed E-state index contributed by atoms with van der Waals surface area (Å²) in [7, 11) is -3.63. The molecule has 2 rings (SSSR count). The Kier molecular flexibility index (Phi) is 6.64.